The van der Waals surface area contributed by atoms with Gasteiger partial charge in [-0.3, -0.25) is 9.98 Å². The van der Waals surface area contributed by atoms with Gasteiger partial charge in [0.15, 0.2) is 0 Å². The molecule has 0 atom stereocenters. The molecule has 0 spiro atoms. The summed E-state index contributed by atoms with van der Waals surface area (Å²) in [6, 6.07) is 10.2. The van der Waals surface area contributed by atoms with Crippen LogP contribution in [0, 0.1) is 87.7 Å². The van der Waals surface area contributed by atoms with Gasteiger partial charge >= 0.3 is 58.2 Å². The summed E-state index contributed by atoms with van der Waals surface area (Å²) < 4.78 is 10.5. The molecule has 0 aromatic heterocycles. The SMILES string of the molecule is CCOc1cccc(C=NCCN=Cc2cccc(OCC)c2[O-])c1[O-].O=[N+]([O-])[O-].O=[N+]([O-])[O-].O=[N+]([O-])[O-].[Ce+3].[Ni+2]. The van der Waals surface area contributed by atoms with Crippen LogP contribution >= 0.6 is 0 Å². The van der Waals surface area contributed by atoms with Crippen LogP contribution < -0.4 is 19.7 Å². The van der Waals surface area contributed by atoms with Gasteiger partial charge in [0.1, 0.15) is 11.5 Å². The standard InChI is InChI=1S/C20H24N2O4.Ce.3NO3.Ni/c1-3-25-17-9-5-7-15(19(17)23)13-21-11-12-22-14-16-8-6-10-18(20(16)24)26-4-2;;3*2-1(3)4;/h5-10,13-14,23-24H,3-4,11-12H2,1-2H3;;;;;/q;+3;3*-1;+2/p-2. The molecule has 40 heavy (non-hydrogen) atoms. The second-order valence-electron chi connectivity index (χ2n) is 5.96. The Labute approximate surface area is 270 Å². The summed E-state index contributed by atoms with van der Waals surface area (Å²) >= 11 is 0. The zero-order valence-electron chi connectivity index (χ0n) is 20.8. The number of aliphatic imine (C=N–C) groups is 2. The molecule has 0 heterocycles. The molecule has 219 valence electrons. The predicted molar refractivity (Wildman–Crippen MR) is 130 cm³/mol. The van der Waals surface area contributed by atoms with Crippen molar-refractivity contribution in [3.63, 3.8) is 0 Å². The maximum atomic E-state index is 12.1. The minimum atomic E-state index is -1.75. The molecule has 2 rings (SSSR count). The Morgan fingerprint density at radius 1 is 0.675 bits per heavy atom. The van der Waals surface area contributed by atoms with Gasteiger partial charge in [0.2, 0.25) is 0 Å². The average Bonchev–Trinajstić information content (AvgIpc) is 2.80. The van der Waals surface area contributed by atoms with E-state index in [9.17, 15) is 10.2 Å². The van der Waals surface area contributed by atoms with Crippen LogP contribution in [0.4, 0.5) is 0 Å². The van der Waals surface area contributed by atoms with E-state index in [4.69, 9.17) is 55.4 Å². The van der Waals surface area contributed by atoms with Crippen LogP contribution in [0.2, 0.25) is 0 Å². The first-order valence-electron chi connectivity index (χ1n) is 10.2. The van der Waals surface area contributed by atoms with E-state index in [1.54, 1.807) is 36.4 Å². The molecule has 0 N–H and O–H groups in total. The van der Waals surface area contributed by atoms with Crippen molar-refractivity contribution in [3.05, 3.63) is 93.5 Å². The van der Waals surface area contributed by atoms with Gasteiger partial charge in [-0.05, 0) is 37.1 Å². The van der Waals surface area contributed by atoms with Crippen LogP contribution in [0.15, 0.2) is 46.4 Å². The summed E-state index contributed by atoms with van der Waals surface area (Å²) in [4.78, 5) is 33.2. The van der Waals surface area contributed by atoms with Gasteiger partial charge in [0.05, 0.1) is 41.6 Å². The fourth-order valence-corrected chi connectivity index (χ4v) is 2.25. The normalized spacial score (nSPS) is 9.15. The van der Waals surface area contributed by atoms with Crippen molar-refractivity contribution in [1.29, 1.82) is 0 Å². The maximum absolute atomic E-state index is 12.1. The predicted octanol–water partition coefficient (Wildman–Crippen LogP) is 1.45. The molecule has 0 bridgehead atoms. The van der Waals surface area contributed by atoms with E-state index in [0.717, 1.165) is 0 Å². The molecule has 2 aromatic rings. The van der Waals surface area contributed by atoms with Gasteiger partial charge in [0, 0.05) is 12.4 Å². The fourth-order valence-electron chi connectivity index (χ4n) is 2.25. The third-order valence-corrected chi connectivity index (χ3v) is 3.44. The summed E-state index contributed by atoms with van der Waals surface area (Å²) in [6.07, 6.45) is 3.05. The van der Waals surface area contributed by atoms with Crippen molar-refractivity contribution in [2.24, 2.45) is 9.98 Å². The Kier molecular flexibility index (Phi) is 29.4. The topological polar surface area (TPSA) is 288 Å². The third kappa shape index (κ3) is 24.8. The molecule has 0 aliphatic carbocycles. The van der Waals surface area contributed by atoms with Crippen molar-refractivity contribution < 1.29 is 93.2 Å². The van der Waals surface area contributed by atoms with Gasteiger partial charge < -0.3 is 65.7 Å². The maximum Gasteiger partial charge on any atom is 3.00 e. The minimum absolute atomic E-state index is 0. The zero-order valence-corrected chi connectivity index (χ0v) is 24.9. The van der Waals surface area contributed by atoms with Crippen LogP contribution in [-0.2, 0) is 16.5 Å². The number of hydrogen-bond donors (Lipinski definition) is 0. The molecule has 0 amide bonds. The van der Waals surface area contributed by atoms with Crippen molar-refractivity contribution >= 4 is 12.4 Å². The Hall–Kier alpha value is -3.55. The Bertz CT molecular complexity index is 971. The van der Waals surface area contributed by atoms with Crippen LogP contribution in [0.1, 0.15) is 25.0 Å². The molecule has 0 fully saturated rings. The van der Waals surface area contributed by atoms with Crippen molar-refractivity contribution in [2.75, 3.05) is 26.3 Å². The van der Waals surface area contributed by atoms with Gasteiger partial charge in [-0.25, -0.2) is 0 Å². The van der Waals surface area contributed by atoms with Gasteiger partial charge in [0.25, 0.3) is 0 Å². The van der Waals surface area contributed by atoms with Crippen molar-refractivity contribution in [2.45, 2.75) is 13.8 Å². The van der Waals surface area contributed by atoms with Crippen LogP contribution in [0.25, 0.3) is 0 Å². The van der Waals surface area contributed by atoms with Crippen LogP contribution in [0.5, 0.6) is 23.0 Å². The monoisotopic (exact) mass is 738 g/mol. The first kappa shape index (κ1) is 43.5. The van der Waals surface area contributed by atoms with Gasteiger partial charge in [-0.2, -0.15) is 0 Å². The quantitative estimate of drug-likeness (QED) is 0.116. The first-order chi connectivity index (χ1) is 17.9. The number of rotatable bonds is 9. The van der Waals surface area contributed by atoms with E-state index >= 15 is 0 Å². The second kappa shape index (κ2) is 27.0. The number of nitrogens with zero attached hydrogens (tertiary/aromatic N) is 5. The summed E-state index contributed by atoms with van der Waals surface area (Å²) in [6.45, 7) is 5.36. The minimum Gasteiger partial charge on any atom is -0.870 e. The van der Waals surface area contributed by atoms with Crippen molar-refractivity contribution in [3.8, 4) is 23.0 Å². The van der Waals surface area contributed by atoms with Crippen molar-refractivity contribution in [1.82, 2.24) is 0 Å². The zero-order chi connectivity index (χ0) is 29.5. The largest absolute Gasteiger partial charge is 3.00 e. The van der Waals surface area contributed by atoms with E-state index in [1.807, 2.05) is 13.8 Å². The molecule has 20 heteroatoms. The smallest absolute Gasteiger partial charge is 0.870 e. The fraction of sp³-hybridized carbons (Fsp3) is 0.300. The van der Waals surface area contributed by atoms with E-state index in [2.05, 4.69) is 9.98 Å². The van der Waals surface area contributed by atoms with E-state index < -0.39 is 15.3 Å². The Morgan fingerprint density at radius 2 is 0.950 bits per heavy atom. The van der Waals surface area contributed by atoms with E-state index in [1.165, 1.54) is 12.4 Å². The molecule has 2 aromatic carbocycles. The molecule has 18 nitrogen and oxygen atoms in total. The second-order valence-corrected chi connectivity index (χ2v) is 5.96. The van der Waals surface area contributed by atoms with Gasteiger partial charge in [-0.15, -0.1) is 0 Å². The molecule has 0 saturated carbocycles. The Balaban J connectivity index is -0.000000392. The number of ether oxygens (including phenoxy) is 2. The number of para-hydroxylation sites is 2. The van der Waals surface area contributed by atoms with Crippen LogP contribution in [0.3, 0.4) is 0 Å². The molecule has 1 radical (unpaired) electrons. The molecule has 0 aliphatic heterocycles. The summed E-state index contributed by atoms with van der Waals surface area (Å²) in [5.74, 6) is 0.300. The first-order valence-corrected chi connectivity index (χ1v) is 10.2. The summed E-state index contributed by atoms with van der Waals surface area (Å²) in [5.41, 5.74) is 0.956. The van der Waals surface area contributed by atoms with Gasteiger partial charge in [-0.1, -0.05) is 35.8 Å². The Morgan fingerprint density at radius 3 is 1.20 bits per heavy atom. The average molecular weight is 739 g/mol. The molecular formula is C20H22CeN5NiO13. The van der Waals surface area contributed by atoms with E-state index in [0.29, 0.717) is 48.9 Å². The number of benzene rings is 2. The number of hydrogen-bond acceptors (Lipinski definition) is 15. The molecule has 0 unspecified atom stereocenters. The summed E-state index contributed by atoms with van der Waals surface area (Å²) in [7, 11) is 0. The third-order valence-electron chi connectivity index (χ3n) is 3.44. The molecule has 0 aliphatic rings. The van der Waals surface area contributed by atoms with Crippen LogP contribution in [-0.4, -0.2) is 54.0 Å². The molecule has 0 saturated heterocycles. The molecular weight excluding hydrogens is 717 g/mol. The van der Waals surface area contributed by atoms with E-state index in [-0.39, 0.29) is 69.7 Å². The summed E-state index contributed by atoms with van der Waals surface area (Å²) in [5, 5.41) is 68.4.